The zero-order chi connectivity index (χ0) is 23.0. The van der Waals surface area contributed by atoms with Crippen molar-refractivity contribution in [3.8, 4) is 5.75 Å². The third kappa shape index (κ3) is 3.56. The molecule has 0 spiro atoms. The van der Waals surface area contributed by atoms with Crippen LogP contribution in [0, 0.1) is 12.8 Å². The topological polar surface area (TPSA) is 123 Å². The Morgan fingerprint density at radius 1 is 1.31 bits per heavy atom. The van der Waals surface area contributed by atoms with E-state index in [2.05, 4.69) is 25.7 Å². The summed E-state index contributed by atoms with van der Waals surface area (Å²) in [4.78, 5) is 33.1. The first kappa shape index (κ1) is 15.3. The maximum atomic E-state index is 12.6. The van der Waals surface area contributed by atoms with E-state index in [0.29, 0.717) is 11.3 Å². The molecule has 150 valence electrons. The van der Waals surface area contributed by atoms with E-state index in [9.17, 15) is 9.59 Å². The summed E-state index contributed by atoms with van der Waals surface area (Å²) in [6.45, 7) is -0.821. The molecule has 0 aliphatic heterocycles. The minimum Gasteiger partial charge on any atom is -0.491 e. The second-order valence-electron chi connectivity index (χ2n) is 6.70. The van der Waals surface area contributed by atoms with Crippen molar-refractivity contribution in [3.05, 3.63) is 35.9 Å². The third-order valence-corrected chi connectivity index (χ3v) is 4.62. The quantitative estimate of drug-likeness (QED) is 0.579. The van der Waals surface area contributed by atoms with E-state index < -0.39 is 12.9 Å². The number of amides is 2. The van der Waals surface area contributed by atoms with Gasteiger partial charge in [-0.15, -0.1) is 0 Å². The Balaban J connectivity index is 1.74. The Morgan fingerprint density at radius 3 is 2.86 bits per heavy atom. The number of nitrogens with zero attached hydrogens (tertiary/aromatic N) is 4. The zero-order valence-corrected chi connectivity index (χ0v) is 15.8. The monoisotopic (exact) mass is 398 g/mol. The minimum absolute atomic E-state index is 0.0410. The van der Waals surface area contributed by atoms with Crippen molar-refractivity contribution in [2.45, 2.75) is 19.8 Å². The molecule has 10 heteroatoms. The van der Waals surface area contributed by atoms with E-state index in [1.165, 1.54) is 25.7 Å². The lowest BCUT2D eigenvalue weighted by Gasteiger charge is -2.15. The molecule has 3 N–H and O–H groups in total. The van der Waals surface area contributed by atoms with Crippen molar-refractivity contribution in [1.82, 2.24) is 24.9 Å². The minimum atomic E-state index is -2.68. The van der Waals surface area contributed by atoms with Gasteiger partial charge < -0.3 is 20.7 Å². The second-order valence-corrected chi connectivity index (χ2v) is 6.70. The van der Waals surface area contributed by atoms with Crippen LogP contribution in [0.25, 0.3) is 5.52 Å². The van der Waals surface area contributed by atoms with Crippen LogP contribution < -0.4 is 20.7 Å². The molecule has 0 unspecified atom stereocenters. The number of rotatable bonds is 6. The van der Waals surface area contributed by atoms with E-state index in [4.69, 9.17) is 8.85 Å². The summed E-state index contributed by atoms with van der Waals surface area (Å²) in [5, 5.41) is 11.9. The summed E-state index contributed by atoms with van der Waals surface area (Å²) in [5.74, 6) is -0.186. The number of nitrogens with one attached hydrogen (secondary N) is 3. The van der Waals surface area contributed by atoms with E-state index in [-0.39, 0.29) is 34.7 Å². The van der Waals surface area contributed by atoms with Crippen molar-refractivity contribution in [2.24, 2.45) is 5.92 Å². The van der Waals surface area contributed by atoms with Crippen LogP contribution in [0.1, 0.15) is 32.9 Å². The molecular formula is C19H21N7O3. The van der Waals surface area contributed by atoms with E-state index in [1.807, 2.05) is 12.2 Å². The SMILES string of the molecule is [2H]C([2H])([2H])NC(=O)c1cnc(NC(=O)C2CC2)cc1Nc1ncn2ncc(C)c2c1OC. The number of methoxy groups -OCH3 is 1. The number of hydrogen-bond acceptors (Lipinski definition) is 7. The molecule has 4 rings (SSSR count). The summed E-state index contributed by atoms with van der Waals surface area (Å²) in [6, 6.07) is 1.45. The van der Waals surface area contributed by atoms with Crippen LogP contribution in [-0.2, 0) is 4.79 Å². The van der Waals surface area contributed by atoms with Crippen LogP contribution in [0.4, 0.5) is 17.3 Å². The maximum Gasteiger partial charge on any atom is 0.254 e. The van der Waals surface area contributed by atoms with Gasteiger partial charge in [-0.2, -0.15) is 5.10 Å². The van der Waals surface area contributed by atoms with E-state index in [1.54, 1.807) is 10.7 Å². The summed E-state index contributed by atoms with van der Waals surface area (Å²) >= 11 is 0. The molecule has 0 atom stereocenters. The average Bonchev–Trinajstić information content (AvgIpc) is 3.50. The highest BCUT2D eigenvalue weighted by atomic mass is 16.5. The normalized spacial score (nSPS) is 15.2. The number of anilines is 3. The van der Waals surface area contributed by atoms with Crippen LogP contribution in [-0.4, -0.2) is 45.5 Å². The lowest BCUT2D eigenvalue weighted by Crippen LogP contribution is -2.21. The van der Waals surface area contributed by atoms with Gasteiger partial charge in [0.2, 0.25) is 5.91 Å². The summed E-state index contributed by atoms with van der Waals surface area (Å²) < 4.78 is 29.0. The van der Waals surface area contributed by atoms with Crippen LogP contribution in [0.2, 0.25) is 0 Å². The Bertz CT molecular complexity index is 1200. The molecule has 0 bridgehead atoms. The fourth-order valence-electron chi connectivity index (χ4n) is 2.96. The number of aromatic nitrogens is 4. The van der Waals surface area contributed by atoms with Crippen LogP contribution >= 0.6 is 0 Å². The largest absolute Gasteiger partial charge is 0.491 e. The van der Waals surface area contributed by atoms with Gasteiger partial charge in [-0.25, -0.2) is 14.5 Å². The van der Waals surface area contributed by atoms with Crippen LogP contribution in [0.15, 0.2) is 24.8 Å². The standard InChI is InChI=1S/C19H21N7O3/c1-10-7-23-26-9-22-17(16(29-3)15(10)26)24-13-6-14(25-18(27)11-4-5-11)21-8-12(13)19(28)20-2/h6-9,11H,4-5H2,1-3H3,(H,20,28)(H2,21,24,25,27)/i2D3. The predicted octanol–water partition coefficient (Wildman–Crippen LogP) is 1.89. The fourth-order valence-corrected chi connectivity index (χ4v) is 2.96. The van der Waals surface area contributed by atoms with Crippen molar-refractivity contribution >= 4 is 34.7 Å². The van der Waals surface area contributed by atoms with Gasteiger partial charge in [0.25, 0.3) is 5.91 Å². The number of ether oxygens (including phenoxy) is 1. The highest BCUT2D eigenvalue weighted by molar-refractivity contribution is 6.01. The van der Waals surface area contributed by atoms with E-state index >= 15 is 0 Å². The molecule has 1 aliphatic carbocycles. The number of pyridine rings is 1. The summed E-state index contributed by atoms with van der Waals surface area (Å²) in [7, 11) is 1.48. The molecule has 1 fully saturated rings. The Hall–Kier alpha value is -3.69. The molecule has 1 aliphatic rings. The molecule has 3 heterocycles. The fraction of sp³-hybridized carbons (Fsp3) is 0.316. The zero-order valence-electron chi connectivity index (χ0n) is 18.8. The van der Waals surface area contributed by atoms with Gasteiger partial charge in [-0.1, -0.05) is 0 Å². The molecule has 1 saturated carbocycles. The van der Waals surface area contributed by atoms with Gasteiger partial charge in [-0.3, -0.25) is 9.59 Å². The van der Waals surface area contributed by atoms with Crippen molar-refractivity contribution in [1.29, 1.82) is 0 Å². The van der Waals surface area contributed by atoms with Crippen molar-refractivity contribution in [2.75, 3.05) is 24.7 Å². The molecular weight excluding hydrogens is 374 g/mol. The number of hydrogen-bond donors (Lipinski definition) is 3. The van der Waals surface area contributed by atoms with Crippen molar-refractivity contribution < 1.29 is 18.4 Å². The second kappa shape index (κ2) is 7.38. The van der Waals surface area contributed by atoms with Gasteiger partial charge in [0.05, 0.1) is 24.6 Å². The van der Waals surface area contributed by atoms with Crippen LogP contribution in [0.3, 0.4) is 0 Å². The van der Waals surface area contributed by atoms with Gasteiger partial charge in [-0.05, 0) is 25.3 Å². The molecule has 0 radical (unpaired) electrons. The van der Waals surface area contributed by atoms with Gasteiger partial charge in [0, 0.05) is 29.3 Å². The average molecular weight is 398 g/mol. The Morgan fingerprint density at radius 2 is 2.14 bits per heavy atom. The number of aryl methyl sites for hydroxylation is 1. The molecule has 3 aromatic rings. The Kier molecular flexibility index (Phi) is 3.88. The molecule has 29 heavy (non-hydrogen) atoms. The molecule has 3 aromatic heterocycles. The molecule has 10 nitrogen and oxygen atoms in total. The number of carbonyl (C=O) groups is 2. The number of fused-ring (bicyclic) bond motifs is 1. The smallest absolute Gasteiger partial charge is 0.254 e. The first-order valence-corrected chi connectivity index (χ1v) is 8.93. The van der Waals surface area contributed by atoms with Crippen molar-refractivity contribution in [3.63, 3.8) is 0 Å². The van der Waals surface area contributed by atoms with Gasteiger partial charge in [0.15, 0.2) is 11.6 Å². The Labute approximate surface area is 170 Å². The maximum absolute atomic E-state index is 12.6. The number of carbonyl (C=O) groups excluding carboxylic acids is 2. The predicted molar refractivity (Wildman–Crippen MR) is 107 cm³/mol. The van der Waals surface area contributed by atoms with E-state index in [0.717, 1.165) is 18.4 Å². The lowest BCUT2D eigenvalue weighted by atomic mass is 10.2. The first-order valence-electron chi connectivity index (χ1n) is 10.4. The first-order chi connectivity index (χ1) is 15.2. The van der Waals surface area contributed by atoms with Gasteiger partial charge in [0.1, 0.15) is 17.7 Å². The summed E-state index contributed by atoms with van der Waals surface area (Å²) in [5.41, 5.74) is 1.68. The molecule has 2 amide bonds. The van der Waals surface area contributed by atoms with Crippen LogP contribution in [0.5, 0.6) is 5.75 Å². The third-order valence-electron chi connectivity index (χ3n) is 4.62. The molecule has 0 saturated heterocycles. The summed E-state index contributed by atoms with van der Waals surface area (Å²) in [6.07, 6.45) is 5.98. The highest BCUT2D eigenvalue weighted by Gasteiger charge is 2.30. The lowest BCUT2D eigenvalue weighted by molar-refractivity contribution is -0.117. The highest BCUT2D eigenvalue weighted by Crippen LogP contribution is 2.34. The van der Waals surface area contributed by atoms with Gasteiger partial charge >= 0.3 is 0 Å². The molecule has 0 aromatic carbocycles.